The molecule has 0 saturated carbocycles. The Bertz CT molecular complexity index is 1420. The summed E-state index contributed by atoms with van der Waals surface area (Å²) in [6.07, 6.45) is 2.02. The van der Waals surface area contributed by atoms with Crippen LogP contribution in [0.15, 0.2) is 91.0 Å². The van der Waals surface area contributed by atoms with E-state index in [1.165, 1.54) is 0 Å². The summed E-state index contributed by atoms with van der Waals surface area (Å²) in [7, 11) is 0. The first-order chi connectivity index (χ1) is 18.9. The maximum Gasteiger partial charge on any atom is 0.243 e. The number of fused-ring (bicyclic) bond motifs is 1. The molecule has 4 nitrogen and oxygen atoms in total. The van der Waals surface area contributed by atoms with Crippen molar-refractivity contribution >= 4 is 45.8 Å². The lowest BCUT2D eigenvalue weighted by Crippen LogP contribution is -2.52. The summed E-state index contributed by atoms with van der Waals surface area (Å²) in [5, 5.41) is 6.37. The minimum absolute atomic E-state index is 0.0115. The van der Waals surface area contributed by atoms with Gasteiger partial charge in [-0.05, 0) is 59.4 Å². The number of nitrogens with zero attached hydrogens (tertiary/aromatic N) is 1. The monoisotopic (exact) mass is 560 g/mol. The highest BCUT2D eigenvalue weighted by Crippen LogP contribution is 2.26. The van der Waals surface area contributed by atoms with E-state index < -0.39 is 6.04 Å². The number of hydrogen-bond donors (Lipinski definition) is 1. The molecule has 39 heavy (non-hydrogen) atoms. The predicted molar refractivity (Wildman–Crippen MR) is 161 cm³/mol. The van der Waals surface area contributed by atoms with Crippen LogP contribution >= 0.6 is 23.2 Å². The molecule has 0 aliphatic heterocycles. The van der Waals surface area contributed by atoms with Gasteiger partial charge in [0.25, 0.3) is 0 Å². The zero-order valence-corrected chi connectivity index (χ0v) is 23.9. The van der Waals surface area contributed by atoms with Crippen molar-refractivity contribution < 1.29 is 9.59 Å². The maximum atomic E-state index is 14.0. The van der Waals surface area contributed by atoms with Gasteiger partial charge in [-0.25, -0.2) is 0 Å². The molecule has 2 atom stereocenters. The minimum atomic E-state index is -0.701. The molecular formula is C33H34Cl2N2O2. The number of hydrogen-bond acceptors (Lipinski definition) is 2. The summed E-state index contributed by atoms with van der Waals surface area (Å²) in [4.78, 5) is 29.4. The van der Waals surface area contributed by atoms with Crippen LogP contribution in [0.2, 0.25) is 10.0 Å². The molecule has 0 spiro atoms. The number of halogens is 2. The number of aryl methyl sites for hydroxylation is 1. The summed E-state index contributed by atoms with van der Waals surface area (Å²) >= 11 is 12.7. The summed E-state index contributed by atoms with van der Waals surface area (Å²) in [6, 6.07) is 28.7. The third-order valence-electron chi connectivity index (χ3n) is 7.12. The van der Waals surface area contributed by atoms with Gasteiger partial charge in [-0.15, -0.1) is 0 Å². The van der Waals surface area contributed by atoms with Gasteiger partial charge in [-0.2, -0.15) is 0 Å². The van der Waals surface area contributed by atoms with E-state index in [9.17, 15) is 9.59 Å². The Morgan fingerprint density at radius 1 is 0.872 bits per heavy atom. The van der Waals surface area contributed by atoms with Crippen LogP contribution < -0.4 is 5.32 Å². The van der Waals surface area contributed by atoms with Gasteiger partial charge in [0, 0.05) is 35.5 Å². The van der Waals surface area contributed by atoms with Crippen molar-refractivity contribution in [1.82, 2.24) is 10.2 Å². The van der Waals surface area contributed by atoms with Gasteiger partial charge in [0.2, 0.25) is 11.8 Å². The second-order valence-corrected chi connectivity index (χ2v) is 10.8. The molecule has 0 unspecified atom stereocenters. The van der Waals surface area contributed by atoms with E-state index in [1.807, 2.05) is 68.4 Å². The van der Waals surface area contributed by atoms with Crippen LogP contribution in [0.3, 0.4) is 0 Å². The Morgan fingerprint density at radius 2 is 1.59 bits per heavy atom. The third kappa shape index (κ3) is 7.62. The standard InChI is InChI=1S/C33H34Cl2N2O2/c1-3-23(2)36-33(39)31(20-24-10-5-4-6-11-24)37(22-27-16-18-28(34)21-30(27)35)32(38)19-17-26-14-9-13-25-12-7-8-15-29(25)26/h4-16,18,21,23,31H,3,17,19-20,22H2,1-2H3,(H,36,39)/t23-,31-/m0/s1. The zero-order chi connectivity index (χ0) is 27.8. The van der Waals surface area contributed by atoms with Gasteiger partial charge in [-0.1, -0.05) is 109 Å². The lowest BCUT2D eigenvalue weighted by Gasteiger charge is -2.32. The highest BCUT2D eigenvalue weighted by molar-refractivity contribution is 6.35. The van der Waals surface area contributed by atoms with Crippen molar-refractivity contribution in [2.75, 3.05) is 0 Å². The first-order valence-electron chi connectivity index (χ1n) is 13.4. The number of rotatable bonds is 11. The fourth-order valence-electron chi connectivity index (χ4n) is 4.72. The smallest absolute Gasteiger partial charge is 0.243 e. The molecular weight excluding hydrogens is 527 g/mol. The lowest BCUT2D eigenvalue weighted by atomic mass is 9.99. The van der Waals surface area contributed by atoms with Crippen LogP contribution in [-0.2, 0) is 29.0 Å². The van der Waals surface area contributed by atoms with Crippen molar-refractivity contribution in [1.29, 1.82) is 0 Å². The van der Waals surface area contributed by atoms with E-state index >= 15 is 0 Å². The van der Waals surface area contributed by atoms with Crippen molar-refractivity contribution in [2.45, 2.75) is 58.2 Å². The molecule has 4 aromatic carbocycles. The summed E-state index contributed by atoms with van der Waals surface area (Å²) in [5.41, 5.74) is 2.83. The quantitative estimate of drug-likeness (QED) is 0.205. The van der Waals surface area contributed by atoms with Gasteiger partial charge in [0.15, 0.2) is 0 Å². The fraction of sp³-hybridized carbons (Fsp3) is 0.273. The van der Waals surface area contributed by atoms with Gasteiger partial charge in [-0.3, -0.25) is 9.59 Å². The molecule has 4 rings (SSSR count). The highest BCUT2D eigenvalue weighted by Gasteiger charge is 2.31. The molecule has 0 radical (unpaired) electrons. The molecule has 6 heteroatoms. The highest BCUT2D eigenvalue weighted by atomic mass is 35.5. The second kappa shape index (κ2) is 13.6. The molecule has 0 fully saturated rings. The SMILES string of the molecule is CC[C@H](C)NC(=O)[C@H](Cc1ccccc1)N(Cc1ccc(Cl)cc1Cl)C(=O)CCc1cccc2ccccc12. The summed E-state index contributed by atoms with van der Waals surface area (Å²) in [6.45, 7) is 4.20. The molecule has 0 heterocycles. The fourth-order valence-corrected chi connectivity index (χ4v) is 5.19. The second-order valence-electron chi connectivity index (χ2n) is 9.92. The van der Waals surface area contributed by atoms with Gasteiger partial charge >= 0.3 is 0 Å². The van der Waals surface area contributed by atoms with Gasteiger partial charge < -0.3 is 10.2 Å². The summed E-state index contributed by atoms with van der Waals surface area (Å²) in [5.74, 6) is -0.272. The average molecular weight is 562 g/mol. The van der Waals surface area contributed by atoms with Crippen LogP contribution in [0.1, 0.15) is 43.4 Å². The molecule has 0 aromatic heterocycles. The van der Waals surface area contributed by atoms with Crippen molar-refractivity contribution in [3.05, 3.63) is 118 Å². The molecule has 1 N–H and O–H groups in total. The number of amides is 2. The third-order valence-corrected chi connectivity index (χ3v) is 7.70. The molecule has 2 amide bonds. The zero-order valence-electron chi connectivity index (χ0n) is 22.4. The van der Waals surface area contributed by atoms with Crippen LogP contribution in [0.25, 0.3) is 10.8 Å². The van der Waals surface area contributed by atoms with Gasteiger partial charge in [0.1, 0.15) is 6.04 Å². The van der Waals surface area contributed by atoms with Crippen LogP contribution in [0.5, 0.6) is 0 Å². The predicted octanol–water partition coefficient (Wildman–Crippen LogP) is 7.63. The molecule has 202 valence electrons. The van der Waals surface area contributed by atoms with E-state index in [1.54, 1.807) is 17.0 Å². The van der Waals surface area contributed by atoms with Crippen LogP contribution in [0, 0.1) is 0 Å². The number of nitrogens with one attached hydrogen (secondary N) is 1. The van der Waals surface area contributed by atoms with E-state index in [0.717, 1.165) is 33.9 Å². The van der Waals surface area contributed by atoms with Crippen molar-refractivity contribution in [2.24, 2.45) is 0 Å². The van der Waals surface area contributed by atoms with E-state index in [-0.39, 0.29) is 30.8 Å². The number of carbonyl (C=O) groups excluding carboxylic acids is 2. The summed E-state index contributed by atoms with van der Waals surface area (Å²) < 4.78 is 0. The Morgan fingerprint density at radius 3 is 2.33 bits per heavy atom. The normalized spacial score (nSPS) is 12.6. The topological polar surface area (TPSA) is 49.4 Å². The maximum absolute atomic E-state index is 14.0. The molecule has 0 aliphatic carbocycles. The Labute approximate surface area is 240 Å². The number of carbonyl (C=O) groups is 2. The average Bonchev–Trinajstić information content (AvgIpc) is 2.95. The van der Waals surface area contributed by atoms with Crippen molar-refractivity contribution in [3.8, 4) is 0 Å². The van der Waals surface area contributed by atoms with E-state index in [0.29, 0.717) is 22.9 Å². The molecule has 4 aromatic rings. The largest absolute Gasteiger partial charge is 0.352 e. The molecule has 0 aliphatic rings. The first kappa shape index (κ1) is 28.7. The Kier molecular flexibility index (Phi) is 10.0. The van der Waals surface area contributed by atoms with Crippen molar-refractivity contribution in [3.63, 3.8) is 0 Å². The van der Waals surface area contributed by atoms with Crippen LogP contribution in [-0.4, -0.2) is 28.8 Å². The van der Waals surface area contributed by atoms with E-state index in [4.69, 9.17) is 23.2 Å². The van der Waals surface area contributed by atoms with E-state index in [2.05, 4.69) is 29.6 Å². The first-order valence-corrected chi connectivity index (χ1v) is 14.2. The Hall–Kier alpha value is -3.34. The number of benzene rings is 4. The lowest BCUT2D eigenvalue weighted by molar-refractivity contribution is -0.141. The molecule has 0 bridgehead atoms. The van der Waals surface area contributed by atoms with Crippen LogP contribution in [0.4, 0.5) is 0 Å². The Balaban J connectivity index is 1.67. The molecule has 0 saturated heterocycles. The minimum Gasteiger partial charge on any atom is -0.352 e. The van der Waals surface area contributed by atoms with Gasteiger partial charge in [0.05, 0.1) is 0 Å².